The van der Waals surface area contributed by atoms with Crippen LogP contribution in [0.4, 0.5) is 22.0 Å². The lowest BCUT2D eigenvalue weighted by Gasteiger charge is -2.15. The van der Waals surface area contributed by atoms with Gasteiger partial charge in [0, 0.05) is 16.7 Å². The first kappa shape index (κ1) is 26.4. The summed E-state index contributed by atoms with van der Waals surface area (Å²) in [5, 5.41) is 28.2. The summed E-state index contributed by atoms with van der Waals surface area (Å²) >= 11 is 5.87. The van der Waals surface area contributed by atoms with Crippen molar-refractivity contribution in [2.45, 2.75) is 38.4 Å². The zero-order chi connectivity index (χ0) is 27.1. The molecule has 2 heterocycles. The van der Waals surface area contributed by atoms with Gasteiger partial charge in [-0.1, -0.05) is 11.6 Å². The van der Waals surface area contributed by atoms with E-state index in [-0.39, 0.29) is 28.7 Å². The van der Waals surface area contributed by atoms with Crippen LogP contribution in [0.5, 0.6) is 0 Å². The summed E-state index contributed by atoms with van der Waals surface area (Å²) in [5.41, 5.74) is -0.867. The molecule has 0 aliphatic carbocycles. The van der Waals surface area contributed by atoms with Crippen LogP contribution in [0.2, 0.25) is 5.02 Å². The Morgan fingerprint density at radius 1 is 1.03 bits per heavy atom. The smallest absolute Gasteiger partial charge is 0.385 e. The van der Waals surface area contributed by atoms with Crippen LogP contribution in [-0.4, -0.2) is 51.6 Å². The largest absolute Gasteiger partial charge is 0.416 e. The standard InChI is InChI=1S/C22H18ClF5N6O3/c1-11(35)19-29-18(30-34(19)16-7-14(24)6-15(25)8-16)10-33-21(37)32(9-17(36)22(26,27)28)20(31-33)12-2-4-13(23)5-3-12/h2-8,11,17,35-36H,9-10H2,1H3/t11?,17-/m0/s1. The number of hydrogen-bond donors (Lipinski definition) is 2. The first-order chi connectivity index (χ1) is 17.3. The van der Waals surface area contributed by atoms with E-state index in [1.165, 1.54) is 31.2 Å². The minimum absolute atomic E-state index is 0.0971. The van der Waals surface area contributed by atoms with Crippen LogP contribution >= 0.6 is 11.6 Å². The Kier molecular flexibility index (Phi) is 7.17. The molecule has 2 aromatic heterocycles. The highest BCUT2D eigenvalue weighted by Crippen LogP contribution is 2.24. The maximum absolute atomic E-state index is 13.7. The summed E-state index contributed by atoms with van der Waals surface area (Å²) in [5.74, 6) is -2.25. The van der Waals surface area contributed by atoms with Crippen molar-refractivity contribution in [2.75, 3.05) is 0 Å². The average molecular weight is 545 g/mol. The van der Waals surface area contributed by atoms with Gasteiger partial charge < -0.3 is 10.2 Å². The van der Waals surface area contributed by atoms with Crippen molar-refractivity contribution in [3.63, 3.8) is 0 Å². The molecule has 2 N–H and O–H groups in total. The van der Waals surface area contributed by atoms with Crippen LogP contribution in [0, 0.1) is 11.6 Å². The summed E-state index contributed by atoms with van der Waals surface area (Å²) in [6.45, 7) is -0.277. The molecule has 0 saturated carbocycles. The molecule has 4 rings (SSSR count). The molecule has 9 nitrogen and oxygen atoms in total. The molecule has 2 aromatic carbocycles. The molecule has 0 saturated heterocycles. The van der Waals surface area contributed by atoms with Gasteiger partial charge in [-0.2, -0.15) is 13.2 Å². The highest BCUT2D eigenvalue weighted by Gasteiger charge is 2.39. The van der Waals surface area contributed by atoms with E-state index in [1.807, 2.05) is 0 Å². The van der Waals surface area contributed by atoms with Gasteiger partial charge in [-0.05, 0) is 43.3 Å². The van der Waals surface area contributed by atoms with E-state index in [4.69, 9.17) is 11.6 Å². The zero-order valence-corrected chi connectivity index (χ0v) is 19.6. The van der Waals surface area contributed by atoms with Gasteiger partial charge >= 0.3 is 11.9 Å². The van der Waals surface area contributed by atoms with Crippen LogP contribution in [0.1, 0.15) is 24.7 Å². The molecular weight excluding hydrogens is 527 g/mol. The highest BCUT2D eigenvalue weighted by atomic mass is 35.5. The van der Waals surface area contributed by atoms with Gasteiger partial charge in [-0.3, -0.25) is 4.57 Å². The fraction of sp³-hybridized carbons (Fsp3) is 0.273. The maximum Gasteiger partial charge on any atom is 0.416 e. The molecule has 0 aliphatic heterocycles. The second-order valence-corrected chi connectivity index (χ2v) is 8.48. The lowest BCUT2D eigenvalue weighted by Crippen LogP contribution is -2.37. The van der Waals surface area contributed by atoms with Crippen LogP contribution in [0.25, 0.3) is 17.1 Å². The zero-order valence-electron chi connectivity index (χ0n) is 18.9. The number of aliphatic hydroxyl groups excluding tert-OH is 2. The van der Waals surface area contributed by atoms with Gasteiger partial charge in [0.15, 0.2) is 23.6 Å². The average Bonchev–Trinajstić information content (AvgIpc) is 3.36. The highest BCUT2D eigenvalue weighted by molar-refractivity contribution is 6.30. The molecule has 2 atom stereocenters. The Balaban J connectivity index is 1.78. The van der Waals surface area contributed by atoms with Gasteiger partial charge in [-0.25, -0.2) is 27.9 Å². The topological polar surface area (TPSA) is 111 Å². The number of rotatable bonds is 7. The first-order valence-electron chi connectivity index (χ1n) is 10.6. The van der Waals surface area contributed by atoms with E-state index in [0.717, 1.165) is 21.5 Å². The number of hydrogen-bond acceptors (Lipinski definition) is 6. The molecular formula is C22H18ClF5N6O3. The fourth-order valence-electron chi connectivity index (χ4n) is 3.49. The Labute approximate surface area is 210 Å². The van der Waals surface area contributed by atoms with E-state index in [2.05, 4.69) is 15.2 Å². The van der Waals surface area contributed by atoms with Gasteiger partial charge in [0.1, 0.15) is 24.3 Å². The van der Waals surface area contributed by atoms with Gasteiger partial charge in [-0.15, -0.1) is 10.2 Å². The molecule has 0 spiro atoms. The fourth-order valence-corrected chi connectivity index (χ4v) is 3.62. The lowest BCUT2D eigenvalue weighted by molar-refractivity contribution is -0.207. The number of aliphatic hydroxyl groups is 2. The van der Waals surface area contributed by atoms with E-state index < -0.39 is 48.8 Å². The van der Waals surface area contributed by atoms with Gasteiger partial charge in [0.25, 0.3) is 0 Å². The number of alkyl halides is 3. The second-order valence-electron chi connectivity index (χ2n) is 8.04. The van der Waals surface area contributed by atoms with Crippen molar-refractivity contribution >= 4 is 11.6 Å². The molecule has 4 aromatic rings. The summed E-state index contributed by atoms with van der Waals surface area (Å²) < 4.78 is 69.0. The summed E-state index contributed by atoms with van der Waals surface area (Å²) in [4.78, 5) is 17.1. The molecule has 37 heavy (non-hydrogen) atoms. The van der Waals surface area contributed by atoms with E-state index in [9.17, 15) is 37.0 Å². The first-order valence-corrected chi connectivity index (χ1v) is 11.0. The van der Waals surface area contributed by atoms with Crippen molar-refractivity contribution in [2.24, 2.45) is 0 Å². The number of benzene rings is 2. The normalized spacial score (nSPS) is 13.6. The van der Waals surface area contributed by atoms with Gasteiger partial charge in [0.2, 0.25) is 0 Å². The molecule has 0 radical (unpaired) electrons. The van der Waals surface area contributed by atoms with Crippen LogP contribution in [-0.2, 0) is 13.1 Å². The van der Waals surface area contributed by atoms with Crippen molar-refractivity contribution in [1.29, 1.82) is 0 Å². The monoisotopic (exact) mass is 544 g/mol. The van der Waals surface area contributed by atoms with Crippen molar-refractivity contribution in [3.8, 4) is 17.1 Å². The Morgan fingerprint density at radius 3 is 2.22 bits per heavy atom. The Morgan fingerprint density at radius 2 is 1.65 bits per heavy atom. The third-order valence-corrected chi connectivity index (χ3v) is 5.44. The van der Waals surface area contributed by atoms with E-state index in [0.29, 0.717) is 15.7 Å². The van der Waals surface area contributed by atoms with E-state index in [1.54, 1.807) is 0 Å². The summed E-state index contributed by atoms with van der Waals surface area (Å²) in [7, 11) is 0. The SMILES string of the molecule is CC(O)c1nc(Cn2nc(-c3ccc(Cl)cc3)n(C[C@H](O)C(F)(F)F)c2=O)nn1-c1cc(F)cc(F)c1. The number of halogens is 6. The summed E-state index contributed by atoms with van der Waals surface area (Å²) in [6.07, 6.45) is -9.09. The number of aromatic nitrogens is 6. The quantitative estimate of drug-likeness (QED) is 0.346. The van der Waals surface area contributed by atoms with Crippen LogP contribution in [0.15, 0.2) is 47.3 Å². The minimum atomic E-state index is -4.99. The second kappa shape index (κ2) is 10.0. The lowest BCUT2D eigenvalue weighted by atomic mass is 10.2. The van der Waals surface area contributed by atoms with Crippen molar-refractivity contribution in [1.82, 2.24) is 29.1 Å². The van der Waals surface area contributed by atoms with E-state index >= 15 is 0 Å². The maximum atomic E-state index is 13.7. The predicted octanol–water partition coefficient (Wildman–Crippen LogP) is 3.25. The molecule has 15 heteroatoms. The molecule has 0 bridgehead atoms. The summed E-state index contributed by atoms with van der Waals surface area (Å²) in [6, 6.07) is 8.30. The van der Waals surface area contributed by atoms with Gasteiger partial charge in [0.05, 0.1) is 12.2 Å². The molecule has 0 fully saturated rings. The third-order valence-electron chi connectivity index (χ3n) is 5.19. The number of nitrogens with zero attached hydrogens (tertiary/aromatic N) is 6. The molecule has 0 aliphatic rings. The predicted molar refractivity (Wildman–Crippen MR) is 120 cm³/mol. The molecule has 0 amide bonds. The minimum Gasteiger partial charge on any atom is -0.385 e. The Bertz CT molecular complexity index is 1460. The third kappa shape index (κ3) is 5.70. The van der Waals surface area contributed by atoms with Crippen molar-refractivity contribution < 1.29 is 32.2 Å². The molecule has 196 valence electrons. The Hall–Kier alpha value is -3.62. The van der Waals surface area contributed by atoms with Crippen LogP contribution in [0.3, 0.4) is 0 Å². The van der Waals surface area contributed by atoms with Crippen molar-refractivity contribution in [3.05, 3.63) is 81.3 Å². The molecule has 1 unspecified atom stereocenters. The van der Waals surface area contributed by atoms with Crippen LogP contribution < -0.4 is 5.69 Å².